The molecule has 2 rings (SSSR count). The van der Waals surface area contributed by atoms with E-state index >= 15 is 0 Å². The van der Waals surface area contributed by atoms with Crippen molar-refractivity contribution in [1.82, 2.24) is 5.32 Å². The molecule has 1 saturated heterocycles. The van der Waals surface area contributed by atoms with Crippen molar-refractivity contribution in [3.8, 4) is 0 Å². The molecular formula is C10H13ClINO. The predicted molar refractivity (Wildman–Crippen MR) is 68.0 cm³/mol. The molecule has 0 amide bonds. The Morgan fingerprint density at radius 2 is 2.00 bits per heavy atom. The monoisotopic (exact) mass is 325 g/mol. The molecule has 1 aliphatic rings. The lowest BCUT2D eigenvalue weighted by atomic mass is 10.1. The van der Waals surface area contributed by atoms with Crippen LogP contribution in [0.15, 0.2) is 24.3 Å². The maximum Gasteiger partial charge on any atom is 0.0662 e. The SMILES string of the molecule is Cl.Ic1ccc([C@H]2COCCN2)cc1. The zero-order valence-electron chi connectivity index (χ0n) is 7.70. The van der Waals surface area contributed by atoms with Gasteiger partial charge in [-0.3, -0.25) is 0 Å². The van der Waals surface area contributed by atoms with E-state index in [0.717, 1.165) is 19.8 Å². The lowest BCUT2D eigenvalue weighted by Crippen LogP contribution is -2.34. The van der Waals surface area contributed by atoms with E-state index in [4.69, 9.17) is 4.74 Å². The molecule has 0 aromatic heterocycles. The summed E-state index contributed by atoms with van der Waals surface area (Å²) in [6.07, 6.45) is 0. The lowest BCUT2D eigenvalue weighted by molar-refractivity contribution is 0.0769. The summed E-state index contributed by atoms with van der Waals surface area (Å²) < 4.78 is 6.68. The summed E-state index contributed by atoms with van der Waals surface area (Å²) in [4.78, 5) is 0. The lowest BCUT2D eigenvalue weighted by Gasteiger charge is -2.24. The molecule has 1 heterocycles. The van der Waals surface area contributed by atoms with Crippen LogP contribution in [0, 0.1) is 3.57 Å². The van der Waals surface area contributed by atoms with Crippen LogP contribution in [0.5, 0.6) is 0 Å². The summed E-state index contributed by atoms with van der Waals surface area (Å²) in [7, 11) is 0. The Kier molecular flexibility index (Phi) is 5.15. The standard InChI is InChI=1S/C10H12INO.ClH/c11-9-3-1-8(2-4-9)10-7-13-6-5-12-10;/h1-4,10,12H,5-7H2;1H/t10-;/m1./s1. The third kappa shape index (κ3) is 3.08. The van der Waals surface area contributed by atoms with E-state index in [1.807, 2.05) is 0 Å². The minimum atomic E-state index is 0. The first kappa shape index (κ1) is 12.2. The molecule has 1 N–H and O–H groups in total. The first-order valence-corrected chi connectivity index (χ1v) is 5.51. The zero-order valence-corrected chi connectivity index (χ0v) is 10.7. The molecule has 14 heavy (non-hydrogen) atoms. The highest BCUT2D eigenvalue weighted by Gasteiger charge is 2.14. The number of rotatable bonds is 1. The van der Waals surface area contributed by atoms with Crippen molar-refractivity contribution in [2.45, 2.75) is 6.04 Å². The first-order valence-electron chi connectivity index (χ1n) is 4.43. The van der Waals surface area contributed by atoms with Crippen LogP contribution in [-0.4, -0.2) is 19.8 Å². The summed E-state index contributed by atoms with van der Waals surface area (Å²) in [6, 6.07) is 8.96. The Balaban J connectivity index is 0.000000980. The molecular weight excluding hydrogens is 312 g/mol. The molecule has 1 atom stereocenters. The Morgan fingerprint density at radius 1 is 1.29 bits per heavy atom. The molecule has 1 aromatic carbocycles. The summed E-state index contributed by atoms with van der Waals surface area (Å²) >= 11 is 2.32. The molecule has 4 heteroatoms. The topological polar surface area (TPSA) is 21.3 Å². The molecule has 2 nitrogen and oxygen atoms in total. The minimum absolute atomic E-state index is 0. The highest BCUT2D eigenvalue weighted by atomic mass is 127. The molecule has 0 spiro atoms. The van der Waals surface area contributed by atoms with Gasteiger partial charge < -0.3 is 10.1 Å². The van der Waals surface area contributed by atoms with Crippen LogP contribution in [0.4, 0.5) is 0 Å². The highest BCUT2D eigenvalue weighted by molar-refractivity contribution is 14.1. The summed E-state index contributed by atoms with van der Waals surface area (Å²) in [5.41, 5.74) is 1.32. The van der Waals surface area contributed by atoms with Crippen LogP contribution in [0.1, 0.15) is 11.6 Å². The number of morpholine rings is 1. The third-order valence-electron chi connectivity index (χ3n) is 2.19. The molecule has 0 unspecified atom stereocenters. The van der Waals surface area contributed by atoms with Crippen LogP contribution >= 0.6 is 35.0 Å². The van der Waals surface area contributed by atoms with E-state index in [1.54, 1.807) is 0 Å². The van der Waals surface area contributed by atoms with Gasteiger partial charge in [-0.05, 0) is 40.3 Å². The smallest absolute Gasteiger partial charge is 0.0662 e. The van der Waals surface area contributed by atoms with Crippen molar-refractivity contribution in [1.29, 1.82) is 0 Å². The van der Waals surface area contributed by atoms with Crippen LogP contribution in [0.3, 0.4) is 0 Å². The van der Waals surface area contributed by atoms with Crippen LogP contribution in [0.25, 0.3) is 0 Å². The average Bonchev–Trinajstić information content (AvgIpc) is 2.20. The van der Waals surface area contributed by atoms with Gasteiger partial charge in [0.15, 0.2) is 0 Å². The van der Waals surface area contributed by atoms with E-state index in [1.165, 1.54) is 9.13 Å². The van der Waals surface area contributed by atoms with E-state index in [0.29, 0.717) is 6.04 Å². The van der Waals surface area contributed by atoms with Crippen LogP contribution in [0.2, 0.25) is 0 Å². The second kappa shape index (κ2) is 5.90. The highest BCUT2D eigenvalue weighted by Crippen LogP contribution is 2.16. The number of hydrogen-bond donors (Lipinski definition) is 1. The maximum absolute atomic E-state index is 5.40. The van der Waals surface area contributed by atoms with Crippen molar-refractivity contribution in [2.24, 2.45) is 0 Å². The minimum Gasteiger partial charge on any atom is -0.378 e. The van der Waals surface area contributed by atoms with Gasteiger partial charge >= 0.3 is 0 Å². The Labute approximate surface area is 104 Å². The fourth-order valence-corrected chi connectivity index (χ4v) is 1.83. The fraction of sp³-hybridized carbons (Fsp3) is 0.400. The van der Waals surface area contributed by atoms with Crippen molar-refractivity contribution < 1.29 is 4.74 Å². The summed E-state index contributed by atoms with van der Waals surface area (Å²) in [5.74, 6) is 0. The molecule has 0 bridgehead atoms. The normalized spacial score (nSPS) is 21.4. The predicted octanol–water partition coefficient (Wildman–Crippen LogP) is 2.37. The second-order valence-corrected chi connectivity index (χ2v) is 4.38. The molecule has 78 valence electrons. The van der Waals surface area contributed by atoms with Gasteiger partial charge in [0.2, 0.25) is 0 Å². The van der Waals surface area contributed by atoms with Crippen molar-refractivity contribution >= 4 is 35.0 Å². The van der Waals surface area contributed by atoms with E-state index in [2.05, 4.69) is 52.2 Å². The quantitative estimate of drug-likeness (QED) is 0.801. The van der Waals surface area contributed by atoms with Gasteiger partial charge in [0.25, 0.3) is 0 Å². The van der Waals surface area contributed by atoms with E-state index in [-0.39, 0.29) is 12.4 Å². The van der Waals surface area contributed by atoms with Crippen molar-refractivity contribution in [3.05, 3.63) is 33.4 Å². The number of benzene rings is 1. The van der Waals surface area contributed by atoms with Gasteiger partial charge in [-0.25, -0.2) is 0 Å². The molecule has 0 saturated carbocycles. The molecule has 1 fully saturated rings. The van der Waals surface area contributed by atoms with Crippen LogP contribution in [-0.2, 0) is 4.74 Å². The van der Waals surface area contributed by atoms with Gasteiger partial charge in [0.1, 0.15) is 0 Å². The average molecular weight is 326 g/mol. The van der Waals surface area contributed by atoms with Gasteiger partial charge in [-0.15, -0.1) is 12.4 Å². The number of ether oxygens (including phenoxy) is 1. The molecule has 1 aromatic rings. The van der Waals surface area contributed by atoms with E-state index < -0.39 is 0 Å². The molecule has 0 aliphatic carbocycles. The Hall–Kier alpha value is 0.160. The van der Waals surface area contributed by atoms with Gasteiger partial charge in [0, 0.05) is 10.1 Å². The molecule has 0 radical (unpaired) electrons. The zero-order chi connectivity index (χ0) is 9.10. The van der Waals surface area contributed by atoms with Gasteiger partial charge in [-0.2, -0.15) is 0 Å². The van der Waals surface area contributed by atoms with Crippen LogP contribution < -0.4 is 5.32 Å². The summed E-state index contributed by atoms with van der Waals surface area (Å²) in [5, 5.41) is 3.43. The number of nitrogens with one attached hydrogen (secondary N) is 1. The Morgan fingerprint density at radius 3 is 2.57 bits per heavy atom. The number of hydrogen-bond acceptors (Lipinski definition) is 2. The van der Waals surface area contributed by atoms with Crippen molar-refractivity contribution in [2.75, 3.05) is 19.8 Å². The summed E-state index contributed by atoms with van der Waals surface area (Å²) in [6.45, 7) is 2.58. The third-order valence-corrected chi connectivity index (χ3v) is 2.91. The van der Waals surface area contributed by atoms with Gasteiger partial charge in [0.05, 0.1) is 19.3 Å². The Bertz CT molecular complexity index is 272. The first-order chi connectivity index (χ1) is 6.36. The van der Waals surface area contributed by atoms with Crippen molar-refractivity contribution in [3.63, 3.8) is 0 Å². The van der Waals surface area contributed by atoms with Gasteiger partial charge in [-0.1, -0.05) is 12.1 Å². The fourth-order valence-electron chi connectivity index (χ4n) is 1.47. The largest absolute Gasteiger partial charge is 0.378 e. The van der Waals surface area contributed by atoms with E-state index in [9.17, 15) is 0 Å². The second-order valence-electron chi connectivity index (χ2n) is 3.13. The maximum atomic E-state index is 5.40. The molecule has 1 aliphatic heterocycles. The number of halogens is 2.